The van der Waals surface area contributed by atoms with Crippen molar-refractivity contribution < 1.29 is 0 Å². The standard InChI is InChI=1S/C15H15N7O2S/c1-7-5-9-10(6-8(7)2)22(4-3-17-21-14(16)25)12-11(18-9)13(23)20-15(24)19-12/h3,5-6H,4H2,1-2H3,(H3,16,21,25)(H,20,23,24)/b17-3-. The molecule has 2 aliphatic rings. The molecule has 0 fully saturated rings. The molecule has 0 aliphatic carbocycles. The van der Waals surface area contributed by atoms with Crippen LogP contribution >= 0.6 is 12.2 Å². The molecule has 0 aromatic heterocycles. The summed E-state index contributed by atoms with van der Waals surface area (Å²) in [6.45, 7) is 4.17. The molecule has 0 atom stereocenters. The lowest BCUT2D eigenvalue weighted by Gasteiger charge is -2.16. The molecule has 25 heavy (non-hydrogen) atoms. The first-order chi connectivity index (χ1) is 11.9. The van der Waals surface area contributed by atoms with E-state index in [0.717, 1.165) is 16.6 Å². The summed E-state index contributed by atoms with van der Waals surface area (Å²) >= 11 is 4.68. The zero-order valence-electron chi connectivity index (χ0n) is 13.5. The number of hydrogen-bond acceptors (Lipinski definition) is 6. The number of hydrazone groups is 1. The second kappa shape index (κ2) is 6.40. The number of nitrogens with one attached hydrogen (secondary N) is 2. The van der Waals surface area contributed by atoms with Gasteiger partial charge in [-0.15, -0.1) is 0 Å². The molecule has 3 rings (SSSR count). The Hall–Kier alpha value is -3.14. The van der Waals surface area contributed by atoms with Crippen LogP contribution in [0.5, 0.6) is 0 Å². The fraction of sp³-hybridized carbons (Fsp3) is 0.200. The van der Waals surface area contributed by atoms with Gasteiger partial charge in [-0.05, 0) is 49.3 Å². The fourth-order valence-electron chi connectivity index (χ4n) is 2.47. The SMILES string of the molecule is Cc1cc2nc3c(=O)[nH]c(=O)nc-3n(C/C=N\NC(N)=S)c2cc1C. The number of fused-ring (bicyclic) bond motifs is 2. The van der Waals surface area contributed by atoms with Gasteiger partial charge in [0.25, 0.3) is 5.56 Å². The molecular formula is C15H15N7O2S. The van der Waals surface area contributed by atoms with Gasteiger partial charge in [0.1, 0.15) is 0 Å². The maximum Gasteiger partial charge on any atom is 0.349 e. The normalized spacial score (nSPS) is 11.4. The molecule has 0 unspecified atom stereocenters. The first kappa shape index (κ1) is 16.7. The highest BCUT2D eigenvalue weighted by molar-refractivity contribution is 7.80. The monoisotopic (exact) mass is 357 g/mol. The van der Waals surface area contributed by atoms with Gasteiger partial charge >= 0.3 is 5.69 Å². The fourth-order valence-corrected chi connectivity index (χ4v) is 2.52. The Balaban J connectivity index is 2.29. The zero-order chi connectivity index (χ0) is 18.1. The number of H-pyrrole nitrogens is 1. The minimum absolute atomic E-state index is 0.0357. The van der Waals surface area contributed by atoms with Crippen LogP contribution in [0.2, 0.25) is 0 Å². The molecule has 2 aliphatic heterocycles. The van der Waals surface area contributed by atoms with Crippen molar-refractivity contribution in [1.82, 2.24) is 24.9 Å². The highest BCUT2D eigenvalue weighted by atomic mass is 32.1. The lowest BCUT2D eigenvalue weighted by Crippen LogP contribution is -2.29. The molecule has 1 aromatic carbocycles. The molecule has 0 spiro atoms. The molecule has 2 heterocycles. The number of nitrogens with zero attached hydrogens (tertiary/aromatic N) is 4. The first-order valence-electron chi connectivity index (χ1n) is 7.35. The van der Waals surface area contributed by atoms with Gasteiger partial charge in [-0.3, -0.25) is 15.2 Å². The van der Waals surface area contributed by atoms with Crippen LogP contribution in [0, 0.1) is 13.8 Å². The van der Waals surface area contributed by atoms with E-state index in [9.17, 15) is 9.59 Å². The third kappa shape index (κ3) is 3.24. The van der Waals surface area contributed by atoms with Crippen molar-refractivity contribution in [3.63, 3.8) is 0 Å². The molecule has 0 saturated carbocycles. The summed E-state index contributed by atoms with van der Waals surface area (Å²) in [6.07, 6.45) is 1.51. The van der Waals surface area contributed by atoms with Crippen LogP contribution in [0.3, 0.4) is 0 Å². The molecule has 0 bridgehead atoms. The van der Waals surface area contributed by atoms with Crippen molar-refractivity contribution in [2.75, 3.05) is 0 Å². The zero-order valence-corrected chi connectivity index (χ0v) is 14.3. The van der Waals surface area contributed by atoms with Gasteiger partial charge in [-0.25, -0.2) is 9.78 Å². The van der Waals surface area contributed by atoms with Gasteiger partial charge in [-0.2, -0.15) is 10.1 Å². The van der Waals surface area contributed by atoms with E-state index in [1.165, 1.54) is 6.21 Å². The van der Waals surface area contributed by atoms with Crippen molar-refractivity contribution >= 4 is 34.6 Å². The van der Waals surface area contributed by atoms with Crippen molar-refractivity contribution in [2.45, 2.75) is 20.4 Å². The van der Waals surface area contributed by atoms with Crippen molar-refractivity contribution in [3.8, 4) is 11.5 Å². The third-order valence-corrected chi connectivity index (χ3v) is 3.85. The molecular weight excluding hydrogens is 342 g/mol. The maximum atomic E-state index is 12.1. The molecule has 0 radical (unpaired) electrons. The lowest BCUT2D eigenvalue weighted by molar-refractivity contribution is 0.831. The number of hydrogen-bond donors (Lipinski definition) is 3. The Kier molecular flexibility index (Phi) is 4.28. The van der Waals surface area contributed by atoms with Crippen molar-refractivity contribution in [3.05, 3.63) is 44.1 Å². The van der Waals surface area contributed by atoms with E-state index in [-0.39, 0.29) is 23.2 Å². The summed E-state index contributed by atoms with van der Waals surface area (Å²) in [7, 11) is 0. The van der Waals surface area contributed by atoms with E-state index in [2.05, 4.69) is 37.7 Å². The summed E-state index contributed by atoms with van der Waals surface area (Å²) < 4.78 is 1.70. The second-order valence-corrected chi connectivity index (χ2v) is 5.92. The largest absolute Gasteiger partial charge is 0.375 e. The number of benzene rings is 1. The van der Waals surface area contributed by atoms with E-state index in [0.29, 0.717) is 5.52 Å². The van der Waals surface area contributed by atoms with E-state index in [1.807, 2.05) is 26.0 Å². The van der Waals surface area contributed by atoms with Crippen LogP contribution in [0.25, 0.3) is 22.6 Å². The van der Waals surface area contributed by atoms with Gasteiger partial charge in [0.15, 0.2) is 16.6 Å². The quantitative estimate of drug-likeness (QED) is 0.261. The van der Waals surface area contributed by atoms with Gasteiger partial charge in [0.05, 0.1) is 17.6 Å². The van der Waals surface area contributed by atoms with Crippen LogP contribution in [0.4, 0.5) is 0 Å². The summed E-state index contributed by atoms with van der Waals surface area (Å²) in [5.41, 5.74) is 10.00. The van der Waals surface area contributed by atoms with Gasteiger partial charge < -0.3 is 10.3 Å². The highest BCUT2D eigenvalue weighted by Crippen LogP contribution is 2.23. The minimum atomic E-state index is -0.727. The average Bonchev–Trinajstić information content (AvgIpc) is 2.53. The van der Waals surface area contributed by atoms with Gasteiger partial charge in [-0.1, -0.05) is 0 Å². The smallest absolute Gasteiger partial charge is 0.349 e. The van der Waals surface area contributed by atoms with Crippen LogP contribution < -0.4 is 22.4 Å². The Morgan fingerprint density at radius 3 is 2.80 bits per heavy atom. The van der Waals surface area contributed by atoms with Crippen molar-refractivity contribution in [2.24, 2.45) is 10.8 Å². The Morgan fingerprint density at radius 2 is 2.08 bits per heavy atom. The van der Waals surface area contributed by atoms with E-state index < -0.39 is 11.2 Å². The first-order valence-corrected chi connectivity index (χ1v) is 7.76. The third-order valence-electron chi connectivity index (χ3n) is 3.75. The molecule has 1 aromatic rings. The number of aromatic amines is 1. The van der Waals surface area contributed by atoms with Gasteiger partial charge in [0, 0.05) is 6.21 Å². The van der Waals surface area contributed by atoms with Crippen LogP contribution in [0.15, 0.2) is 26.8 Å². The highest BCUT2D eigenvalue weighted by Gasteiger charge is 2.18. The Labute approximate surface area is 146 Å². The minimum Gasteiger partial charge on any atom is -0.375 e. The predicted molar refractivity (Wildman–Crippen MR) is 98.9 cm³/mol. The molecule has 10 heteroatoms. The van der Waals surface area contributed by atoms with E-state index >= 15 is 0 Å². The molecule has 0 saturated heterocycles. The van der Waals surface area contributed by atoms with Crippen LogP contribution in [-0.2, 0) is 6.54 Å². The molecule has 4 N–H and O–H groups in total. The number of thiocarbonyl (C=S) groups is 1. The van der Waals surface area contributed by atoms with Crippen LogP contribution in [-0.4, -0.2) is 30.8 Å². The number of aryl methyl sites for hydroxylation is 2. The predicted octanol–water partition coefficient (Wildman–Crippen LogP) is 0.0204. The number of rotatable bonds is 3. The summed E-state index contributed by atoms with van der Waals surface area (Å²) in [5.74, 6) is 0.186. The second-order valence-electron chi connectivity index (χ2n) is 5.48. The maximum absolute atomic E-state index is 12.1. The summed E-state index contributed by atoms with van der Waals surface area (Å²) in [6, 6.07) is 3.81. The van der Waals surface area contributed by atoms with E-state index in [1.54, 1.807) is 4.57 Å². The number of aromatic nitrogens is 4. The molecule has 0 amide bonds. The van der Waals surface area contributed by atoms with Crippen LogP contribution in [0.1, 0.15) is 11.1 Å². The molecule has 128 valence electrons. The Bertz CT molecular complexity index is 1100. The lowest BCUT2D eigenvalue weighted by atomic mass is 10.1. The van der Waals surface area contributed by atoms with Gasteiger partial charge in [0.2, 0.25) is 0 Å². The number of nitrogens with two attached hydrogens (primary N) is 1. The summed E-state index contributed by atoms with van der Waals surface area (Å²) in [4.78, 5) is 34.2. The topological polar surface area (TPSA) is 131 Å². The van der Waals surface area contributed by atoms with Crippen molar-refractivity contribution in [1.29, 1.82) is 0 Å². The summed E-state index contributed by atoms with van der Waals surface area (Å²) in [5, 5.41) is 3.93. The molecule has 9 nitrogen and oxygen atoms in total. The average molecular weight is 357 g/mol. The Morgan fingerprint density at radius 1 is 1.36 bits per heavy atom. The van der Waals surface area contributed by atoms with E-state index in [4.69, 9.17) is 5.73 Å².